The second-order valence-electron chi connectivity index (χ2n) is 7.20. The summed E-state index contributed by atoms with van der Waals surface area (Å²) in [5, 5.41) is 11.7. The number of rotatable bonds is 8. The van der Waals surface area contributed by atoms with E-state index in [4.69, 9.17) is 5.73 Å². The number of hydrogen-bond acceptors (Lipinski definition) is 6. The van der Waals surface area contributed by atoms with Crippen molar-refractivity contribution in [3.05, 3.63) is 72.7 Å². The van der Waals surface area contributed by atoms with E-state index in [0.29, 0.717) is 28.3 Å². The molecule has 0 spiro atoms. The Kier molecular flexibility index (Phi) is 6.21. The molecule has 1 aliphatic carbocycles. The molecule has 1 aliphatic rings. The highest BCUT2D eigenvalue weighted by molar-refractivity contribution is 7.92. The highest BCUT2D eigenvalue weighted by Crippen LogP contribution is 2.43. The Morgan fingerprint density at radius 1 is 1.27 bits per heavy atom. The second kappa shape index (κ2) is 8.66. The molecule has 1 aromatic heterocycles. The van der Waals surface area contributed by atoms with E-state index in [2.05, 4.69) is 26.8 Å². The van der Waals surface area contributed by atoms with E-state index < -0.39 is 21.4 Å². The molecule has 0 atom stereocenters. The first-order valence-corrected chi connectivity index (χ1v) is 11.3. The van der Waals surface area contributed by atoms with Crippen LogP contribution in [0.25, 0.3) is 11.3 Å². The maximum Gasteiger partial charge on any atom is 0.229 e. The zero-order valence-electron chi connectivity index (χ0n) is 16.6. The first kappa shape index (κ1) is 21.5. The fourth-order valence-electron chi connectivity index (χ4n) is 3.26. The van der Waals surface area contributed by atoms with Crippen LogP contribution >= 0.6 is 0 Å². The van der Waals surface area contributed by atoms with Gasteiger partial charge in [-0.2, -0.15) is 0 Å². The Labute approximate surface area is 175 Å². The quantitative estimate of drug-likeness (QED) is 0.552. The zero-order valence-corrected chi connectivity index (χ0v) is 17.4. The van der Waals surface area contributed by atoms with Crippen molar-refractivity contribution in [3.63, 3.8) is 0 Å². The predicted molar refractivity (Wildman–Crippen MR) is 118 cm³/mol. The summed E-state index contributed by atoms with van der Waals surface area (Å²) in [5.41, 5.74) is 6.77. The van der Waals surface area contributed by atoms with Crippen molar-refractivity contribution in [1.29, 1.82) is 0 Å². The molecule has 1 heterocycles. The minimum Gasteiger partial charge on any atom is -0.405 e. The Bertz CT molecular complexity index is 1090. The van der Waals surface area contributed by atoms with Crippen LogP contribution in [0.4, 0.5) is 15.9 Å². The average Bonchev–Trinajstić information content (AvgIpc) is 2.67. The summed E-state index contributed by atoms with van der Waals surface area (Å²) in [7, 11) is -3.37. The molecule has 0 radical (unpaired) electrons. The lowest BCUT2D eigenvalue weighted by Gasteiger charge is -2.44. The van der Waals surface area contributed by atoms with Gasteiger partial charge in [0.05, 0.1) is 17.5 Å². The van der Waals surface area contributed by atoms with Gasteiger partial charge in [0, 0.05) is 16.8 Å². The van der Waals surface area contributed by atoms with Crippen LogP contribution in [-0.4, -0.2) is 30.4 Å². The molecular formula is C21H24FN5O2S. The molecule has 158 valence electrons. The summed E-state index contributed by atoms with van der Waals surface area (Å²) in [4.78, 5) is 0. The van der Waals surface area contributed by atoms with Gasteiger partial charge >= 0.3 is 0 Å². The van der Waals surface area contributed by atoms with Crippen LogP contribution in [0.2, 0.25) is 0 Å². The number of sulfonamides is 1. The van der Waals surface area contributed by atoms with Crippen molar-refractivity contribution in [2.24, 2.45) is 5.73 Å². The Balaban J connectivity index is 1.77. The van der Waals surface area contributed by atoms with Gasteiger partial charge in [0.25, 0.3) is 0 Å². The van der Waals surface area contributed by atoms with Crippen molar-refractivity contribution in [3.8, 4) is 11.3 Å². The molecule has 0 unspecified atom stereocenters. The minimum absolute atomic E-state index is 0.359. The summed E-state index contributed by atoms with van der Waals surface area (Å²) in [6.45, 7) is 3.92. The molecule has 7 nitrogen and oxygen atoms in total. The maximum atomic E-state index is 14.4. The Hall–Kier alpha value is -3.20. The number of hydrogen-bond donors (Lipinski definition) is 3. The van der Waals surface area contributed by atoms with E-state index >= 15 is 0 Å². The molecule has 1 saturated carbocycles. The summed E-state index contributed by atoms with van der Waals surface area (Å²) in [6.07, 6.45) is 7.50. The molecule has 30 heavy (non-hydrogen) atoms. The third-order valence-electron chi connectivity index (χ3n) is 4.92. The topological polar surface area (TPSA) is 110 Å². The number of benzene rings is 1. The molecule has 9 heteroatoms. The highest BCUT2D eigenvalue weighted by atomic mass is 32.2. The largest absolute Gasteiger partial charge is 0.405 e. The van der Waals surface area contributed by atoms with E-state index in [0.717, 1.165) is 25.5 Å². The molecule has 2 aromatic rings. The maximum absolute atomic E-state index is 14.4. The van der Waals surface area contributed by atoms with Gasteiger partial charge < -0.3 is 11.1 Å². The number of nitrogens with one attached hydrogen (secondary N) is 2. The van der Waals surface area contributed by atoms with Gasteiger partial charge in [-0.3, -0.25) is 4.72 Å². The third-order valence-corrected chi connectivity index (χ3v) is 5.53. The normalized spacial score (nSPS) is 16.1. The van der Waals surface area contributed by atoms with Crippen LogP contribution in [0.5, 0.6) is 0 Å². The molecule has 0 saturated heterocycles. The van der Waals surface area contributed by atoms with Crippen molar-refractivity contribution < 1.29 is 12.8 Å². The van der Waals surface area contributed by atoms with Gasteiger partial charge in [-0.15, -0.1) is 10.2 Å². The second-order valence-corrected chi connectivity index (χ2v) is 8.95. The predicted octanol–water partition coefficient (Wildman–Crippen LogP) is 3.73. The van der Waals surface area contributed by atoms with Crippen LogP contribution in [0, 0.1) is 0 Å². The molecule has 3 rings (SSSR count). The highest BCUT2D eigenvalue weighted by Gasteiger charge is 2.41. The number of anilines is 2. The van der Waals surface area contributed by atoms with Crippen LogP contribution in [0.1, 0.15) is 19.3 Å². The lowest BCUT2D eigenvalue weighted by Crippen LogP contribution is -2.47. The minimum atomic E-state index is -3.37. The molecule has 4 N–H and O–H groups in total. The molecular weight excluding hydrogens is 405 g/mol. The monoisotopic (exact) mass is 429 g/mol. The van der Waals surface area contributed by atoms with Gasteiger partial charge in [-0.25, -0.2) is 12.8 Å². The lowest BCUT2D eigenvalue weighted by atomic mass is 9.71. The van der Waals surface area contributed by atoms with Crippen molar-refractivity contribution in [1.82, 2.24) is 10.2 Å². The number of halogens is 1. The first-order chi connectivity index (χ1) is 14.2. The van der Waals surface area contributed by atoms with E-state index in [-0.39, 0.29) is 0 Å². The van der Waals surface area contributed by atoms with Crippen molar-refractivity contribution >= 4 is 21.5 Å². The molecule has 1 aromatic carbocycles. The fourth-order valence-corrected chi connectivity index (χ4v) is 3.81. The van der Waals surface area contributed by atoms with Gasteiger partial charge in [0.2, 0.25) is 10.0 Å². The van der Waals surface area contributed by atoms with Crippen LogP contribution < -0.4 is 15.8 Å². The zero-order chi connectivity index (χ0) is 21.8. The Morgan fingerprint density at radius 2 is 2.03 bits per heavy atom. The van der Waals surface area contributed by atoms with Crippen molar-refractivity contribution in [2.45, 2.75) is 24.8 Å². The lowest BCUT2D eigenvalue weighted by molar-refractivity contribution is 0.322. The molecule has 0 amide bonds. The molecule has 0 bridgehead atoms. The van der Waals surface area contributed by atoms with Gasteiger partial charge in [0.15, 0.2) is 0 Å². The molecule has 0 aliphatic heterocycles. The van der Waals surface area contributed by atoms with Crippen LogP contribution in [0.3, 0.4) is 0 Å². The van der Waals surface area contributed by atoms with E-state index in [1.807, 2.05) is 6.07 Å². The van der Waals surface area contributed by atoms with Gasteiger partial charge in [-0.1, -0.05) is 18.7 Å². The number of aromatic nitrogens is 2. The van der Waals surface area contributed by atoms with Gasteiger partial charge in [0.1, 0.15) is 11.6 Å². The van der Waals surface area contributed by atoms with Crippen molar-refractivity contribution in [2.75, 3.05) is 16.3 Å². The van der Waals surface area contributed by atoms with Crippen LogP contribution in [-0.2, 0) is 10.0 Å². The third kappa shape index (κ3) is 5.04. The van der Waals surface area contributed by atoms with E-state index in [9.17, 15) is 12.8 Å². The van der Waals surface area contributed by atoms with Crippen LogP contribution in [0.15, 0.2) is 72.7 Å². The standard InChI is InChI=1S/C21H24FN5O2S/c1-15(18(22)8-4-13-23)21(11-5-12-21)24-20-10-9-19(25-26-20)16-6-3-7-17(14-16)27-30(2,28)29/h3-4,6-10,13-14,27H,1,5,11-12,23H2,2H3,(H,24,26)/b13-4-,18-8+. The first-order valence-electron chi connectivity index (χ1n) is 9.36. The SMILES string of the molecule is C=C(/C(F)=C\C=C/N)C1(Nc2ccc(-c3cccc(NS(C)(=O)=O)c3)nn2)CCC1. The fraction of sp³-hybridized carbons (Fsp3) is 0.238. The summed E-state index contributed by atoms with van der Waals surface area (Å²) in [6, 6.07) is 10.4. The van der Waals surface area contributed by atoms with E-state index in [1.54, 1.807) is 30.3 Å². The number of nitrogens with two attached hydrogens (primary N) is 1. The molecule has 1 fully saturated rings. The average molecular weight is 430 g/mol. The number of nitrogens with zero attached hydrogens (tertiary/aromatic N) is 2. The Morgan fingerprint density at radius 3 is 2.60 bits per heavy atom. The number of allylic oxidation sites excluding steroid dienone is 2. The summed E-state index contributed by atoms with van der Waals surface area (Å²) < 4.78 is 39.7. The summed E-state index contributed by atoms with van der Waals surface area (Å²) >= 11 is 0. The summed E-state index contributed by atoms with van der Waals surface area (Å²) in [5.74, 6) is 0.0795. The van der Waals surface area contributed by atoms with E-state index in [1.165, 1.54) is 18.4 Å². The van der Waals surface area contributed by atoms with Gasteiger partial charge in [-0.05, 0) is 61.9 Å². The smallest absolute Gasteiger partial charge is 0.229 e.